The van der Waals surface area contributed by atoms with Crippen LogP contribution in [0.4, 0.5) is 17.1 Å². The van der Waals surface area contributed by atoms with E-state index in [0.717, 1.165) is 38.4 Å². The molecule has 1 N–H and O–H groups in total. The van der Waals surface area contributed by atoms with Gasteiger partial charge in [0.15, 0.2) is 0 Å². The van der Waals surface area contributed by atoms with E-state index in [-0.39, 0.29) is 5.91 Å². The van der Waals surface area contributed by atoms with Gasteiger partial charge in [0.2, 0.25) is 5.91 Å². The van der Waals surface area contributed by atoms with Gasteiger partial charge in [0, 0.05) is 36.2 Å². The molecule has 0 spiro atoms. The smallest absolute Gasteiger partial charge is 0.243 e. The van der Waals surface area contributed by atoms with Crippen LogP contribution in [0.2, 0.25) is 0 Å². The Balaban J connectivity index is 1.37. The third kappa shape index (κ3) is 3.53. The molecule has 1 saturated heterocycles. The van der Waals surface area contributed by atoms with Crippen molar-refractivity contribution >= 4 is 23.0 Å². The Morgan fingerprint density at radius 3 is 2.62 bits per heavy atom. The van der Waals surface area contributed by atoms with Crippen LogP contribution in [0, 0.1) is 0 Å². The van der Waals surface area contributed by atoms with Gasteiger partial charge in [0.05, 0.1) is 19.8 Å². The van der Waals surface area contributed by atoms with Crippen molar-refractivity contribution in [3.63, 3.8) is 0 Å². The van der Waals surface area contributed by atoms with Gasteiger partial charge >= 0.3 is 0 Å². The van der Waals surface area contributed by atoms with E-state index in [0.29, 0.717) is 12.6 Å². The summed E-state index contributed by atoms with van der Waals surface area (Å²) in [5, 5.41) is 3.03. The second-order valence-corrected chi connectivity index (χ2v) is 7.00. The Morgan fingerprint density at radius 2 is 1.85 bits per heavy atom. The maximum Gasteiger partial charge on any atom is 0.243 e. The topological polar surface area (TPSA) is 44.8 Å². The number of nitrogens with zero attached hydrogens (tertiary/aromatic N) is 2. The molecule has 0 bridgehead atoms. The Hall–Kier alpha value is -2.53. The predicted molar refractivity (Wildman–Crippen MR) is 105 cm³/mol. The highest BCUT2D eigenvalue weighted by Crippen LogP contribution is 2.31. The minimum Gasteiger partial charge on any atom is -0.378 e. The fourth-order valence-corrected chi connectivity index (χ4v) is 3.80. The molecule has 0 saturated carbocycles. The van der Waals surface area contributed by atoms with Gasteiger partial charge in [-0.25, -0.2) is 0 Å². The van der Waals surface area contributed by atoms with Crippen molar-refractivity contribution in [3.05, 3.63) is 54.1 Å². The second-order valence-electron chi connectivity index (χ2n) is 7.00. The first-order valence-electron chi connectivity index (χ1n) is 9.28. The van der Waals surface area contributed by atoms with Crippen molar-refractivity contribution < 1.29 is 9.53 Å². The lowest BCUT2D eigenvalue weighted by molar-refractivity contribution is -0.115. The van der Waals surface area contributed by atoms with Crippen molar-refractivity contribution in [3.8, 4) is 0 Å². The highest BCUT2D eigenvalue weighted by Gasteiger charge is 2.27. The molecule has 2 heterocycles. The number of carbonyl (C=O) groups excluding carboxylic acids is 1. The van der Waals surface area contributed by atoms with Gasteiger partial charge in [-0.2, -0.15) is 0 Å². The summed E-state index contributed by atoms with van der Waals surface area (Å²) in [6.07, 6.45) is 0.998. The summed E-state index contributed by atoms with van der Waals surface area (Å²) >= 11 is 0. The molecular formula is C21H25N3O2. The predicted octanol–water partition coefficient (Wildman–Crippen LogP) is 2.91. The van der Waals surface area contributed by atoms with Crippen LogP contribution in [0.15, 0.2) is 48.5 Å². The molecule has 5 nitrogen and oxygen atoms in total. The Labute approximate surface area is 154 Å². The normalized spacial score (nSPS) is 19.3. The van der Waals surface area contributed by atoms with E-state index in [1.807, 2.05) is 18.2 Å². The van der Waals surface area contributed by atoms with Gasteiger partial charge in [0.1, 0.15) is 0 Å². The largest absolute Gasteiger partial charge is 0.378 e. The van der Waals surface area contributed by atoms with E-state index in [1.54, 1.807) is 0 Å². The SMILES string of the molecule is C[C@H]1Cc2ccccc2N1CC(=O)Nc1ccc(N2CCOCC2)cc1. The minimum absolute atomic E-state index is 0.0210. The lowest BCUT2D eigenvalue weighted by atomic mass is 10.1. The molecular weight excluding hydrogens is 326 g/mol. The van der Waals surface area contributed by atoms with Crippen molar-refractivity contribution in [2.24, 2.45) is 0 Å². The van der Waals surface area contributed by atoms with Crippen LogP contribution in [0.3, 0.4) is 0 Å². The first kappa shape index (κ1) is 16.9. The third-order valence-electron chi connectivity index (χ3n) is 5.19. The van der Waals surface area contributed by atoms with Gasteiger partial charge in [-0.1, -0.05) is 18.2 Å². The number of hydrogen-bond acceptors (Lipinski definition) is 4. The number of para-hydroxylation sites is 1. The summed E-state index contributed by atoms with van der Waals surface area (Å²) in [5.41, 5.74) is 4.51. The molecule has 0 aliphatic carbocycles. The summed E-state index contributed by atoms with van der Waals surface area (Å²) < 4.78 is 5.39. The zero-order valence-corrected chi connectivity index (χ0v) is 15.1. The fourth-order valence-electron chi connectivity index (χ4n) is 3.80. The number of carbonyl (C=O) groups is 1. The first-order valence-corrected chi connectivity index (χ1v) is 9.28. The summed E-state index contributed by atoms with van der Waals surface area (Å²) in [6, 6.07) is 16.8. The van der Waals surface area contributed by atoms with E-state index >= 15 is 0 Å². The first-order chi connectivity index (χ1) is 12.7. The van der Waals surface area contributed by atoms with E-state index in [2.05, 4.69) is 52.4 Å². The fraction of sp³-hybridized carbons (Fsp3) is 0.381. The Morgan fingerprint density at radius 1 is 1.12 bits per heavy atom. The zero-order valence-electron chi connectivity index (χ0n) is 15.1. The monoisotopic (exact) mass is 351 g/mol. The Bertz CT molecular complexity index is 769. The number of amides is 1. The maximum atomic E-state index is 12.5. The number of ether oxygens (including phenoxy) is 1. The maximum absolute atomic E-state index is 12.5. The van der Waals surface area contributed by atoms with Crippen LogP contribution in [0.5, 0.6) is 0 Å². The number of benzene rings is 2. The molecule has 0 aromatic heterocycles. The third-order valence-corrected chi connectivity index (χ3v) is 5.19. The number of anilines is 3. The molecule has 26 heavy (non-hydrogen) atoms. The highest BCUT2D eigenvalue weighted by atomic mass is 16.5. The lowest BCUT2D eigenvalue weighted by Gasteiger charge is -2.29. The minimum atomic E-state index is 0.0210. The van der Waals surface area contributed by atoms with Crippen molar-refractivity contribution in [1.29, 1.82) is 0 Å². The molecule has 1 fully saturated rings. The molecule has 2 aliphatic rings. The molecule has 0 unspecified atom stereocenters. The number of morpholine rings is 1. The second kappa shape index (κ2) is 7.38. The van der Waals surface area contributed by atoms with Crippen molar-refractivity contribution in [1.82, 2.24) is 0 Å². The van der Waals surface area contributed by atoms with Crippen LogP contribution >= 0.6 is 0 Å². The number of fused-ring (bicyclic) bond motifs is 1. The highest BCUT2D eigenvalue weighted by molar-refractivity contribution is 5.94. The Kier molecular flexibility index (Phi) is 4.80. The van der Waals surface area contributed by atoms with Crippen molar-refractivity contribution in [2.75, 3.05) is 48.0 Å². The molecule has 2 aromatic carbocycles. The molecule has 136 valence electrons. The molecule has 1 atom stereocenters. The van der Waals surface area contributed by atoms with Crippen LogP contribution < -0.4 is 15.1 Å². The molecule has 2 aromatic rings. The van der Waals surface area contributed by atoms with Gasteiger partial charge in [-0.15, -0.1) is 0 Å². The van der Waals surface area contributed by atoms with Gasteiger partial charge in [-0.05, 0) is 49.2 Å². The van der Waals surface area contributed by atoms with Gasteiger partial charge in [-0.3, -0.25) is 4.79 Å². The van der Waals surface area contributed by atoms with Crippen molar-refractivity contribution in [2.45, 2.75) is 19.4 Å². The molecule has 0 radical (unpaired) electrons. The van der Waals surface area contributed by atoms with Crippen LogP contribution in [-0.2, 0) is 16.0 Å². The number of hydrogen-bond donors (Lipinski definition) is 1. The molecule has 4 rings (SSSR count). The average molecular weight is 351 g/mol. The molecule has 2 aliphatic heterocycles. The zero-order chi connectivity index (χ0) is 17.9. The number of nitrogens with one attached hydrogen (secondary N) is 1. The quantitative estimate of drug-likeness (QED) is 0.920. The molecule has 1 amide bonds. The van der Waals surface area contributed by atoms with Crippen LogP contribution in [0.25, 0.3) is 0 Å². The van der Waals surface area contributed by atoms with Crippen LogP contribution in [-0.4, -0.2) is 44.8 Å². The average Bonchev–Trinajstić information content (AvgIpc) is 2.98. The van der Waals surface area contributed by atoms with Gasteiger partial charge in [0.25, 0.3) is 0 Å². The summed E-state index contributed by atoms with van der Waals surface area (Å²) in [5.74, 6) is 0.0210. The van der Waals surface area contributed by atoms with Gasteiger partial charge < -0.3 is 19.9 Å². The molecule has 5 heteroatoms. The van der Waals surface area contributed by atoms with E-state index < -0.39 is 0 Å². The van der Waals surface area contributed by atoms with E-state index in [9.17, 15) is 4.79 Å². The summed E-state index contributed by atoms with van der Waals surface area (Å²) in [6.45, 7) is 5.92. The van der Waals surface area contributed by atoms with E-state index in [1.165, 1.54) is 16.9 Å². The van der Waals surface area contributed by atoms with E-state index in [4.69, 9.17) is 4.74 Å². The van der Waals surface area contributed by atoms with Crippen LogP contribution in [0.1, 0.15) is 12.5 Å². The standard InChI is InChI=1S/C21H25N3O2/c1-16-14-17-4-2-3-5-20(17)24(16)15-21(25)22-18-6-8-19(9-7-18)23-10-12-26-13-11-23/h2-9,16H,10-15H2,1H3,(H,22,25)/t16-/m0/s1. The lowest BCUT2D eigenvalue weighted by Crippen LogP contribution is -2.37. The number of rotatable bonds is 4. The summed E-state index contributed by atoms with van der Waals surface area (Å²) in [4.78, 5) is 17.0. The summed E-state index contributed by atoms with van der Waals surface area (Å²) in [7, 11) is 0.